The van der Waals surface area contributed by atoms with Gasteiger partial charge in [0.25, 0.3) is 0 Å². The number of nitrogens with zero attached hydrogens (tertiary/aromatic N) is 2. The van der Waals surface area contributed by atoms with Gasteiger partial charge in [-0.1, -0.05) is 29.5 Å². The van der Waals surface area contributed by atoms with Crippen LogP contribution in [0.4, 0.5) is 0 Å². The molecule has 0 saturated heterocycles. The Labute approximate surface area is 182 Å². The number of thiazole rings is 1. The van der Waals surface area contributed by atoms with Gasteiger partial charge in [0, 0.05) is 23.3 Å². The number of fused-ring (bicyclic) bond motifs is 1. The minimum absolute atomic E-state index is 0.125. The maximum atomic E-state index is 12.4. The molecule has 30 heavy (non-hydrogen) atoms. The van der Waals surface area contributed by atoms with Gasteiger partial charge < -0.3 is 9.30 Å². The number of hydrogen-bond donors (Lipinski definition) is 0. The first kappa shape index (κ1) is 22.3. The van der Waals surface area contributed by atoms with E-state index in [1.165, 1.54) is 19.2 Å². The molecule has 2 aromatic carbocycles. The molecule has 0 aliphatic rings. The number of sulfone groups is 1. The average Bonchev–Trinajstić information content (AvgIpc) is 3.04. The topological polar surface area (TPSA) is 94.8 Å². The van der Waals surface area contributed by atoms with E-state index in [4.69, 9.17) is 4.74 Å². The summed E-state index contributed by atoms with van der Waals surface area (Å²) in [4.78, 5) is 30.0. The van der Waals surface area contributed by atoms with Gasteiger partial charge in [0.2, 0.25) is 5.91 Å². The van der Waals surface area contributed by atoms with E-state index in [0.29, 0.717) is 20.8 Å². The maximum absolute atomic E-state index is 12.4. The Hall–Kier alpha value is -2.43. The summed E-state index contributed by atoms with van der Waals surface area (Å²) in [5, 5.41) is 0. The molecular weight excluding hydrogens is 444 g/mol. The third-order valence-electron chi connectivity index (χ3n) is 4.15. The molecule has 0 radical (unpaired) electrons. The van der Waals surface area contributed by atoms with Gasteiger partial charge in [0.1, 0.15) is 6.54 Å². The lowest BCUT2D eigenvalue weighted by molar-refractivity contribution is -0.141. The predicted octanol–water partition coefficient (Wildman–Crippen LogP) is 2.89. The number of carbonyl (C=O) groups excluding carboxylic acids is 2. The van der Waals surface area contributed by atoms with Crippen LogP contribution in [0, 0.1) is 0 Å². The number of amides is 1. The largest absolute Gasteiger partial charge is 0.468 e. The summed E-state index contributed by atoms with van der Waals surface area (Å²) in [6.07, 6.45) is 1.37. The summed E-state index contributed by atoms with van der Waals surface area (Å²) < 4.78 is 30.6. The molecule has 158 valence electrons. The Balaban J connectivity index is 1.90. The van der Waals surface area contributed by atoms with E-state index in [2.05, 4.69) is 4.99 Å². The Morgan fingerprint density at radius 3 is 2.57 bits per heavy atom. The van der Waals surface area contributed by atoms with Gasteiger partial charge in [-0.05, 0) is 30.3 Å². The smallest absolute Gasteiger partial charge is 0.325 e. The second kappa shape index (κ2) is 9.59. The number of esters is 1. The third kappa shape index (κ3) is 5.59. The Morgan fingerprint density at radius 2 is 1.90 bits per heavy atom. The molecule has 1 amide bonds. The first-order chi connectivity index (χ1) is 14.3. The number of thioether (sulfide) groups is 1. The molecule has 0 aliphatic heterocycles. The van der Waals surface area contributed by atoms with Crippen LogP contribution in [0.2, 0.25) is 0 Å². The molecule has 3 rings (SSSR count). The first-order valence-electron chi connectivity index (χ1n) is 8.93. The van der Waals surface area contributed by atoms with E-state index in [9.17, 15) is 18.0 Å². The van der Waals surface area contributed by atoms with Crippen molar-refractivity contribution in [3.8, 4) is 0 Å². The van der Waals surface area contributed by atoms with Crippen LogP contribution in [0.25, 0.3) is 10.2 Å². The van der Waals surface area contributed by atoms with Gasteiger partial charge in [0.05, 0.1) is 22.2 Å². The highest BCUT2D eigenvalue weighted by atomic mass is 32.2. The summed E-state index contributed by atoms with van der Waals surface area (Å²) in [7, 11) is -2.10. The van der Waals surface area contributed by atoms with Crippen molar-refractivity contribution in [3.63, 3.8) is 0 Å². The van der Waals surface area contributed by atoms with Gasteiger partial charge >= 0.3 is 5.97 Å². The van der Waals surface area contributed by atoms with Crippen molar-refractivity contribution < 1.29 is 22.7 Å². The average molecular weight is 465 g/mol. The van der Waals surface area contributed by atoms with Crippen molar-refractivity contribution in [2.75, 3.05) is 19.1 Å². The normalized spacial score (nSPS) is 12.3. The van der Waals surface area contributed by atoms with Crippen molar-refractivity contribution in [3.05, 3.63) is 53.3 Å². The lowest BCUT2D eigenvalue weighted by atomic mass is 10.3. The van der Waals surface area contributed by atoms with Gasteiger partial charge in [-0.15, -0.1) is 11.8 Å². The van der Waals surface area contributed by atoms with Gasteiger partial charge in [-0.25, -0.2) is 8.42 Å². The number of ether oxygens (including phenoxy) is 1. The third-order valence-corrected chi connectivity index (χ3v) is 7.31. The molecule has 0 spiro atoms. The molecule has 0 bridgehead atoms. The standard InChI is InChI=1S/C20H20N2O5S3/c1-27-19(24)13-22-16-9-8-15(30(2,25)26)12-17(16)29-20(22)21-18(23)10-11-28-14-6-4-3-5-7-14/h3-9,12H,10-11,13H2,1-2H3. The highest BCUT2D eigenvalue weighted by Gasteiger charge is 2.15. The molecule has 0 fully saturated rings. The first-order valence-corrected chi connectivity index (χ1v) is 12.6. The van der Waals surface area contributed by atoms with E-state index in [0.717, 1.165) is 22.5 Å². The molecule has 0 aliphatic carbocycles. The monoisotopic (exact) mass is 464 g/mol. The molecule has 1 aromatic heterocycles. The number of rotatable bonds is 7. The zero-order chi connectivity index (χ0) is 21.7. The fourth-order valence-electron chi connectivity index (χ4n) is 2.65. The summed E-state index contributed by atoms with van der Waals surface area (Å²) in [6, 6.07) is 14.4. The maximum Gasteiger partial charge on any atom is 0.325 e. The minimum Gasteiger partial charge on any atom is -0.468 e. The Bertz CT molecular complexity index is 1240. The molecule has 0 saturated carbocycles. The quantitative estimate of drug-likeness (QED) is 0.394. The van der Waals surface area contributed by atoms with Crippen LogP contribution in [-0.2, 0) is 30.7 Å². The fourth-order valence-corrected chi connectivity index (χ4v) is 5.32. The zero-order valence-electron chi connectivity index (χ0n) is 16.4. The summed E-state index contributed by atoms with van der Waals surface area (Å²) >= 11 is 2.72. The zero-order valence-corrected chi connectivity index (χ0v) is 18.9. The van der Waals surface area contributed by atoms with Crippen LogP contribution < -0.4 is 4.80 Å². The molecule has 3 aromatic rings. The summed E-state index contributed by atoms with van der Waals surface area (Å²) in [6.45, 7) is -0.125. The number of benzene rings is 2. The number of carbonyl (C=O) groups is 2. The van der Waals surface area contributed by atoms with E-state index < -0.39 is 15.8 Å². The highest BCUT2D eigenvalue weighted by Crippen LogP contribution is 2.22. The van der Waals surface area contributed by atoms with Crippen LogP contribution in [-0.4, -0.2) is 44.0 Å². The van der Waals surface area contributed by atoms with E-state index in [1.54, 1.807) is 22.4 Å². The lowest BCUT2D eigenvalue weighted by Crippen LogP contribution is -2.22. The van der Waals surface area contributed by atoms with Crippen LogP contribution in [0.3, 0.4) is 0 Å². The second-order valence-electron chi connectivity index (χ2n) is 6.37. The predicted molar refractivity (Wildman–Crippen MR) is 117 cm³/mol. The van der Waals surface area contributed by atoms with Crippen LogP contribution in [0.15, 0.2) is 63.3 Å². The Morgan fingerprint density at radius 1 is 1.17 bits per heavy atom. The van der Waals surface area contributed by atoms with Crippen molar-refractivity contribution in [1.29, 1.82) is 0 Å². The Kier molecular flexibility index (Phi) is 7.11. The van der Waals surface area contributed by atoms with E-state index >= 15 is 0 Å². The minimum atomic E-state index is -3.38. The summed E-state index contributed by atoms with van der Waals surface area (Å²) in [5.41, 5.74) is 0.614. The van der Waals surface area contributed by atoms with Crippen molar-refractivity contribution in [2.24, 2.45) is 4.99 Å². The number of aromatic nitrogens is 1. The lowest BCUT2D eigenvalue weighted by Gasteiger charge is -2.04. The molecule has 0 N–H and O–H groups in total. The van der Waals surface area contributed by atoms with E-state index in [1.807, 2.05) is 30.3 Å². The van der Waals surface area contributed by atoms with Crippen LogP contribution in [0.5, 0.6) is 0 Å². The molecule has 1 heterocycles. The van der Waals surface area contributed by atoms with Crippen LogP contribution in [0.1, 0.15) is 6.42 Å². The fraction of sp³-hybridized carbons (Fsp3) is 0.250. The SMILES string of the molecule is COC(=O)Cn1c(=NC(=O)CCSc2ccccc2)sc2cc(S(C)(=O)=O)ccc21. The molecule has 0 atom stereocenters. The second-order valence-corrected chi connectivity index (χ2v) is 10.6. The number of hydrogen-bond acceptors (Lipinski definition) is 7. The van der Waals surface area contributed by atoms with Crippen molar-refractivity contribution in [1.82, 2.24) is 4.57 Å². The molecule has 7 nitrogen and oxygen atoms in total. The highest BCUT2D eigenvalue weighted by molar-refractivity contribution is 7.99. The van der Waals surface area contributed by atoms with Gasteiger partial charge in [0.15, 0.2) is 14.6 Å². The van der Waals surface area contributed by atoms with Crippen LogP contribution >= 0.6 is 23.1 Å². The van der Waals surface area contributed by atoms with E-state index in [-0.39, 0.29) is 23.8 Å². The molecular formula is C20H20N2O5S3. The van der Waals surface area contributed by atoms with Crippen molar-refractivity contribution >= 4 is 55.0 Å². The number of methoxy groups -OCH3 is 1. The molecule has 10 heteroatoms. The van der Waals surface area contributed by atoms with Gasteiger partial charge in [-0.3, -0.25) is 9.59 Å². The van der Waals surface area contributed by atoms with Crippen molar-refractivity contribution in [2.45, 2.75) is 22.8 Å². The van der Waals surface area contributed by atoms with Gasteiger partial charge in [-0.2, -0.15) is 4.99 Å². The summed E-state index contributed by atoms with van der Waals surface area (Å²) in [5.74, 6) is -0.228. The molecule has 0 unspecified atom stereocenters.